The molecule has 1 fully saturated rings. The van der Waals surface area contributed by atoms with Crippen LogP contribution in [0.2, 0.25) is 0 Å². The Labute approximate surface area is 241 Å². The molecule has 2 aromatic heterocycles. The lowest BCUT2D eigenvalue weighted by Crippen LogP contribution is -2.29. The first-order valence-electron chi connectivity index (χ1n) is 13.7. The normalized spacial score (nSPS) is 16.7. The summed E-state index contributed by atoms with van der Waals surface area (Å²) in [4.78, 5) is 6.95. The number of aryl methyl sites for hydroxylation is 2. The SMILES string of the molecule is CCc1ccccc1-n1c(C)cc([C@@H]2[C@H](c3ccccn3)NC(=S)N2c2ccc(Oc3ccccc3)cc2)c1C. The molecule has 3 aromatic carbocycles. The molecular formula is C34H32N4OS. The number of nitrogens with zero attached hydrogens (tertiary/aromatic N) is 3. The van der Waals surface area contributed by atoms with E-state index in [1.807, 2.05) is 60.8 Å². The van der Waals surface area contributed by atoms with Crippen LogP contribution in [-0.4, -0.2) is 14.7 Å². The summed E-state index contributed by atoms with van der Waals surface area (Å²) in [6.07, 6.45) is 2.81. The van der Waals surface area contributed by atoms with Crippen LogP contribution in [0, 0.1) is 13.8 Å². The molecule has 5 nitrogen and oxygen atoms in total. The average Bonchev–Trinajstić information content (AvgIpc) is 3.49. The van der Waals surface area contributed by atoms with Gasteiger partial charge in [-0.3, -0.25) is 4.98 Å². The number of aromatic nitrogens is 2. The van der Waals surface area contributed by atoms with E-state index in [1.54, 1.807) is 0 Å². The molecule has 0 radical (unpaired) electrons. The van der Waals surface area contributed by atoms with Gasteiger partial charge in [-0.2, -0.15) is 0 Å². The van der Waals surface area contributed by atoms with Gasteiger partial charge >= 0.3 is 0 Å². The van der Waals surface area contributed by atoms with Gasteiger partial charge < -0.3 is 19.5 Å². The minimum Gasteiger partial charge on any atom is -0.457 e. The van der Waals surface area contributed by atoms with E-state index in [2.05, 4.69) is 84.1 Å². The molecule has 1 aliphatic heterocycles. The number of pyridine rings is 1. The smallest absolute Gasteiger partial charge is 0.174 e. The zero-order valence-electron chi connectivity index (χ0n) is 22.9. The van der Waals surface area contributed by atoms with Gasteiger partial charge in [0.15, 0.2) is 5.11 Å². The number of para-hydroxylation sites is 2. The molecule has 6 heteroatoms. The van der Waals surface area contributed by atoms with E-state index in [9.17, 15) is 0 Å². The van der Waals surface area contributed by atoms with Gasteiger partial charge in [-0.1, -0.05) is 49.4 Å². The van der Waals surface area contributed by atoms with Gasteiger partial charge in [0.05, 0.1) is 17.8 Å². The molecule has 1 aliphatic rings. The Balaban J connectivity index is 1.43. The summed E-state index contributed by atoms with van der Waals surface area (Å²) in [5.41, 5.74) is 8.12. The van der Waals surface area contributed by atoms with Gasteiger partial charge in [-0.25, -0.2) is 0 Å². The molecule has 5 aromatic rings. The zero-order chi connectivity index (χ0) is 27.6. The van der Waals surface area contributed by atoms with E-state index in [4.69, 9.17) is 21.9 Å². The van der Waals surface area contributed by atoms with Crippen LogP contribution in [-0.2, 0) is 6.42 Å². The molecule has 200 valence electrons. The first-order valence-corrected chi connectivity index (χ1v) is 14.1. The lowest BCUT2D eigenvalue weighted by molar-refractivity contribution is 0.482. The lowest BCUT2D eigenvalue weighted by atomic mass is 9.96. The maximum absolute atomic E-state index is 6.05. The summed E-state index contributed by atoms with van der Waals surface area (Å²) in [5, 5.41) is 4.27. The maximum Gasteiger partial charge on any atom is 0.174 e. The van der Waals surface area contributed by atoms with Crippen molar-refractivity contribution < 1.29 is 4.74 Å². The van der Waals surface area contributed by atoms with Gasteiger partial charge in [0, 0.05) is 29.0 Å². The second-order valence-corrected chi connectivity index (χ2v) is 10.4. The first kappa shape index (κ1) is 25.8. The Morgan fingerprint density at radius 3 is 2.27 bits per heavy atom. The van der Waals surface area contributed by atoms with Crippen LogP contribution >= 0.6 is 12.2 Å². The first-order chi connectivity index (χ1) is 19.5. The Bertz CT molecular complexity index is 1630. The largest absolute Gasteiger partial charge is 0.457 e. The molecule has 2 atom stereocenters. The van der Waals surface area contributed by atoms with Crippen LogP contribution in [0.1, 0.15) is 47.2 Å². The van der Waals surface area contributed by atoms with Crippen molar-refractivity contribution in [3.63, 3.8) is 0 Å². The van der Waals surface area contributed by atoms with Gasteiger partial charge in [-0.15, -0.1) is 0 Å². The van der Waals surface area contributed by atoms with E-state index < -0.39 is 0 Å². The summed E-state index contributed by atoms with van der Waals surface area (Å²) in [6, 6.07) is 34.8. The average molecular weight is 545 g/mol. The van der Waals surface area contributed by atoms with Crippen molar-refractivity contribution >= 4 is 23.0 Å². The maximum atomic E-state index is 6.05. The van der Waals surface area contributed by atoms with Gasteiger partial charge in [0.1, 0.15) is 11.5 Å². The Hall–Kier alpha value is -4.42. The van der Waals surface area contributed by atoms with Gasteiger partial charge in [-0.05, 0) is 104 Å². The van der Waals surface area contributed by atoms with Gasteiger partial charge in [0.25, 0.3) is 0 Å². The molecule has 1 N–H and O–H groups in total. The number of hydrogen-bond donors (Lipinski definition) is 1. The minimum atomic E-state index is -0.107. The number of benzene rings is 3. The van der Waals surface area contributed by atoms with Crippen LogP contribution in [0.15, 0.2) is 109 Å². The highest BCUT2D eigenvalue weighted by atomic mass is 32.1. The lowest BCUT2D eigenvalue weighted by Gasteiger charge is -2.28. The molecule has 40 heavy (non-hydrogen) atoms. The Morgan fingerprint density at radius 2 is 1.55 bits per heavy atom. The van der Waals surface area contributed by atoms with Crippen LogP contribution in [0.5, 0.6) is 11.5 Å². The third-order valence-electron chi connectivity index (χ3n) is 7.59. The molecule has 6 rings (SSSR count). The molecule has 0 amide bonds. The monoisotopic (exact) mass is 544 g/mol. The topological polar surface area (TPSA) is 42.3 Å². The quantitative estimate of drug-likeness (QED) is 0.210. The van der Waals surface area contributed by atoms with Crippen molar-refractivity contribution in [3.8, 4) is 17.2 Å². The highest BCUT2D eigenvalue weighted by molar-refractivity contribution is 7.80. The van der Waals surface area contributed by atoms with E-state index in [0.717, 1.165) is 29.3 Å². The molecular weight excluding hydrogens is 512 g/mol. The number of hydrogen-bond acceptors (Lipinski definition) is 3. The number of thiocarbonyl (C=S) groups is 1. The minimum absolute atomic E-state index is 0.0861. The second kappa shape index (κ2) is 11.0. The number of rotatable bonds is 7. The van der Waals surface area contributed by atoms with Crippen molar-refractivity contribution in [3.05, 3.63) is 138 Å². The van der Waals surface area contributed by atoms with Crippen LogP contribution in [0.4, 0.5) is 5.69 Å². The molecule has 3 heterocycles. The molecule has 0 bridgehead atoms. The number of ether oxygens (including phenoxy) is 1. The molecule has 0 unspecified atom stereocenters. The summed E-state index contributed by atoms with van der Waals surface area (Å²) >= 11 is 5.98. The summed E-state index contributed by atoms with van der Waals surface area (Å²) in [7, 11) is 0. The van der Waals surface area contributed by atoms with Crippen LogP contribution in [0.25, 0.3) is 5.69 Å². The fourth-order valence-corrected chi connectivity index (χ4v) is 6.08. The van der Waals surface area contributed by atoms with E-state index in [-0.39, 0.29) is 12.1 Å². The summed E-state index contributed by atoms with van der Waals surface area (Å²) in [6.45, 7) is 6.59. The Kier molecular flexibility index (Phi) is 7.10. The third-order valence-corrected chi connectivity index (χ3v) is 7.91. The summed E-state index contributed by atoms with van der Waals surface area (Å²) < 4.78 is 8.43. The molecule has 0 saturated carbocycles. The number of nitrogens with one attached hydrogen (secondary N) is 1. The van der Waals surface area contributed by atoms with Crippen molar-refractivity contribution in [2.24, 2.45) is 0 Å². The zero-order valence-corrected chi connectivity index (χ0v) is 23.7. The van der Waals surface area contributed by atoms with Crippen molar-refractivity contribution in [1.29, 1.82) is 0 Å². The molecule has 0 aliphatic carbocycles. The van der Waals surface area contributed by atoms with E-state index in [1.165, 1.54) is 28.2 Å². The predicted octanol–water partition coefficient (Wildman–Crippen LogP) is 8.02. The Morgan fingerprint density at radius 1 is 0.850 bits per heavy atom. The fraction of sp³-hybridized carbons (Fsp3) is 0.176. The predicted molar refractivity (Wildman–Crippen MR) is 166 cm³/mol. The van der Waals surface area contributed by atoms with E-state index in [0.29, 0.717) is 5.11 Å². The van der Waals surface area contributed by atoms with Crippen molar-refractivity contribution in [2.75, 3.05) is 4.90 Å². The van der Waals surface area contributed by atoms with E-state index >= 15 is 0 Å². The highest BCUT2D eigenvalue weighted by Gasteiger charge is 2.42. The van der Waals surface area contributed by atoms with Crippen LogP contribution < -0.4 is 15.0 Å². The molecule has 0 spiro atoms. The fourth-order valence-electron chi connectivity index (χ4n) is 5.73. The van der Waals surface area contributed by atoms with Crippen molar-refractivity contribution in [1.82, 2.24) is 14.9 Å². The highest BCUT2D eigenvalue weighted by Crippen LogP contribution is 2.44. The standard InChI is InChI=1S/C34H32N4OS/c1-4-25-12-8-9-16-31(25)37-23(2)22-29(24(37)3)33-32(30-15-10-11-21-35-30)36-34(40)38(33)26-17-19-28(20-18-26)39-27-13-6-5-7-14-27/h5-22,32-33H,4H2,1-3H3,(H,36,40)/t32-,33+/m0/s1. The third kappa shape index (κ3) is 4.75. The summed E-state index contributed by atoms with van der Waals surface area (Å²) in [5.74, 6) is 1.58. The van der Waals surface area contributed by atoms with Gasteiger partial charge in [0.2, 0.25) is 0 Å². The number of anilines is 1. The van der Waals surface area contributed by atoms with Crippen molar-refractivity contribution in [2.45, 2.75) is 39.3 Å². The van der Waals surface area contributed by atoms with Crippen LogP contribution in [0.3, 0.4) is 0 Å². The second-order valence-electron chi connectivity index (χ2n) is 10.0. The molecule has 1 saturated heterocycles.